The minimum Gasteiger partial charge on any atom is -0.469 e. The lowest BCUT2D eigenvalue weighted by molar-refractivity contribution is -0.163. The van der Waals surface area contributed by atoms with Crippen LogP contribution in [0.15, 0.2) is 0 Å². The second-order valence-corrected chi connectivity index (χ2v) is 8.74. The number of esters is 1. The fraction of sp³-hybridized carbons (Fsp3) is 0.929. The Morgan fingerprint density at radius 3 is 2.00 bits per heavy atom. The Kier molecular flexibility index (Phi) is 4.54. The van der Waals surface area contributed by atoms with Gasteiger partial charge in [0.2, 0.25) is 9.84 Å². The zero-order valence-electron chi connectivity index (χ0n) is 12.5. The molecule has 0 spiro atoms. The van der Waals surface area contributed by atoms with Crippen molar-refractivity contribution in [1.82, 2.24) is 0 Å². The summed E-state index contributed by atoms with van der Waals surface area (Å²) in [5.41, 5.74) is -5.69. The minimum atomic E-state index is -5.16. The molecule has 0 saturated heterocycles. The quantitative estimate of drug-likeness (QED) is 0.720. The molecule has 0 amide bonds. The topological polar surface area (TPSA) is 60.4 Å². The molecule has 128 valence electrons. The van der Waals surface area contributed by atoms with Crippen LogP contribution in [0.5, 0.6) is 0 Å². The molecule has 4 nitrogen and oxygen atoms in total. The number of carbonyl (C=O) groups excluding carboxylic acids is 1. The zero-order chi connectivity index (χ0) is 16.6. The summed E-state index contributed by atoms with van der Waals surface area (Å²) in [5, 5.41) is 0. The van der Waals surface area contributed by atoms with Gasteiger partial charge in [0.25, 0.3) is 0 Å². The molecule has 8 heteroatoms. The van der Waals surface area contributed by atoms with Crippen molar-refractivity contribution in [3.63, 3.8) is 0 Å². The van der Waals surface area contributed by atoms with Gasteiger partial charge in [-0.1, -0.05) is 0 Å². The Hall–Kier alpha value is -0.790. The number of carbonyl (C=O) groups is 1. The molecule has 0 heterocycles. The predicted molar refractivity (Wildman–Crippen MR) is 73.7 cm³/mol. The van der Waals surface area contributed by atoms with Gasteiger partial charge in [-0.2, -0.15) is 13.2 Å². The molecule has 22 heavy (non-hydrogen) atoms. The molecule has 0 atom stereocenters. The lowest BCUT2D eigenvalue weighted by Crippen LogP contribution is -2.46. The highest BCUT2D eigenvalue weighted by Gasteiger charge is 2.53. The van der Waals surface area contributed by atoms with Gasteiger partial charge in [0.05, 0.1) is 18.3 Å². The van der Waals surface area contributed by atoms with Gasteiger partial charge in [-0.25, -0.2) is 8.42 Å². The molecule has 0 aromatic rings. The molecular weight excluding hydrogens is 321 g/mol. The first kappa shape index (κ1) is 17.6. The van der Waals surface area contributed by atoms with Gasteiger partial charge >= 0.3 is 11.5 Å². The van der Waals surface area contributed by atoms with Crippen LogP contribution in [0, 0.1) is 10.8 Å². The van der Waals surface area contributed by atoms with Crippen LogP contribution in [0.25, 0.3) is 0 Å². The largest absolute Gasteiger partial charge is 0.497 e. The number of methoxy groups -OCH3 is 1. The fourth-order valence-electron chi connectivity index (χ4n) is 3.91. The molecular formula is C14H21F3O4S. The summed E-state index contributed by atoms with van der Waals surface area (Å²) in [6.45, 7) is 0. The molecule has 3 aliphatic rings. The molecule has 0 aromatic carbocycles. The highest BCUT2D eigenvalue weighted by Crippen LogP contribution is 2.59. The summed E-state index contributed by atoms with van der Waals surface area (Å²) in [4.78, 5) is 11.9. The van der Waals surface area contributed by atoms with E-state index in [1.165, 1.54) is 7.11 Å². The van der Waals surface area contributed by atoms with Crippen molar-refractivity contribution in [1.29, 1.82) is 0 Å². The summed E-state index contributed by atoms with van der Waals surface area (Å²) >= 11 is 0. The van der Waals surface area contributed by atoms with E-state index in [0.717, 1.165) is 19.3 Å². The standard InChI is InChI=1S/C14H21F3O4S/c1-21-11(18)13-7-4-12(5-8-13,6-9-13)3-2-10-22(19,20)14(15,16)17/h2-10H2,1H3. The maximum atomic E-state index is 12.3. The summed E-state index contributed by atoms with van der Waals surface area (Å²) in [5.74, 6) is -1.04. The normalized spacial score (nSPS) is 32.0. The summed E-state index contributed by atoms with van der Waals surface area (Å²) < 4.78 is 64.0. The monoisotopic (exact) mass is 342 g/mol. The second kappa shape index (κ2) is 5.69. The molecule has 3 rings (SSSR count). The minimum absolute atomic E-state index is 0.0209. The Labute approximate surface area is 128 Å². The second-order valence-electron chi connectivity index (χ2n) is 6.64. The Balaban J connectivity index is 1.91. The van der Waals surface area contributed by atoms with Crippen LogP contribution in [0.3, 0.4) is 0 Å². The maximum Gasteiger partial charge on any atom is 0.497 e. The van der Waals surface area contributed by atoms with Crippen molar-refractivity contribution < 1.29 is 31.1 Å². The van der Waals surface area contributed by atoms with Crippen LogP contribution in [0.2, 0.25) is 0 Å². The van der Waals surface area contributed by atoms with Crippen molar-refractivity contribution in [3.8, 4) is 0 Å². The van der Waals surface area contributed by atoms with E-state index in [-0.39, 0.29) is 17.8 Å². The lowest BCUT2D eigenvalue weighted by atomic mass is 9.52. The van der Waals surface area contributed by atoms with E-state index in [1.807, 2.05) is 0 Å². The average Bonchev–Trinajstić information content (AvgIpc) is 2.46. The van der Waals surface area contributed by atoms with E-state index in [1.54, 1.807) is 0 Å². The number of halogens is 3. The van der Waals surface area contributed by atoms with Crippen LogP contribution < -0.4 is 0 Å². The number of alkyl halides is 3. The lowest BCUT2D eigenvalue weighted by Gasteiger charge is -2.52. The summed E-state index contributed by atoms with van der Waals surface area (Å²) in [7, 11) is -3.65. The number of ether oxygens (including phenoxy) is 1. The van der Waals surface area contributed by atoms with Crippen LogP contribution in [-0.4, -0.2) is 32.8 Å². The first-order chi connectivity index (χ1) is 10.1. The Bertz CT molecular complexity index is 514. The molecule has 0 unspecified atom stereocenters. The molecule has 0 aliphatic heterocycles. The van der Waals surface area contributed by atoms with Crippen molar-refractivity contribution >= 4 is 15.8 Å². The van der Waals surface area contributed by atoms with E-state index in [2.05, 4.69) is 0 Å². The van der Waals surface area contributed by atoms with Crippen LogP contribution in [0.4, 0.5) is 13.2 Å². The predicted octanol–water partition coefficient (Wildman–Crippen LogP) is 3.21. The number of hydrogen-bond acceptors (Lipinski definition) is 4. The van der Waals surface area contributed by atoms with Gasteiger partial charge in [-0.3, -0.25) is 4.79 Å². The van der Waals surface area contributed by atoms with E-state index < -0.39 is 26.5 Å². The van der Waals surface area contributed by atoms with Gasteiger partial charge in [0.1, 0.15) is 0 Å². The Morgan fingerprint density at radius 1 is 1.09 bits per heavy atom. The van der Waals surface area contributed by atoms with Gasteiger partial charge < -0.3 is 4.74 Å². The van der Waals surface area contributed by atoms with Gasteiger partial charge in [0.15, 0.2) is 0 Å². The van der Waals surface area contributed by atoms with Gasteiger partial charge in [-0.05, 0) is 56.8 Å². The number of rotatable bonds is 5. The highest BCUT2D eigenvalue weighted by atomic mass is 32.2. The fourth-order valence-corrected chi connectivity index (χ4v) is 4.67. The highest BCUT2D eigenvalue weighted by molar-refractivity contribution is 7.92. The third-order valence-electron chi connectivity index (χ3n) is 5.49. The molecule has 3 saturated carbocycles. The first-order valence-corrected chi connectivity index (χ1v) is 9.09. The van der Waals surface area contributed by atoms with Crippen molar-refractivity contribution in [3.05, 3.63) is 0 Å². The smallest absolute Gasteiger partial charge is 0.469 e. The molecule has 3 aliphatic carbocycles. The van der Waals surface area contributed by atoms with Crippen LogP contribution >= 0.6 is 0 Å². The number of sulfone groups is 1. The molecule has 3 fully saturated rings. The SMILES string of the molecule is COC(=O)C12CCC(CCCS(=O)(=O)C(F)(F)F)(CC1)CC2. The molecule has 0 aromatic heterocycles. The van der Waals surface area contributed by atoms with Crippen molar-refractivity contribution in [2.24, 2.45) is 10.8 Å². The molecule has 2 bridgehead atoms. The third kappa shape index (κ3) is 3.12. The van der Waals surface area contributed by atoms with Crippen molar-refractivity contribution in [2.45, 2.75) is 56.9 Å². The summed E-state index contributed by atoms with van der Waals surface area (Å²) in [6, 6.07) is 0. The zero-order valence-corrected chi connectivity index (χ0v) is 13.4. The third-order valence-corrected chi connectivity index (χ3v) is 7.02. The van der Waals surface area contributed by atoms with Crippen LogP contribution in [0.1, 0.15) is 51.4 Å². The number of fused-ring (bicyclic) bond motifs is 3. The van der Waals surface area contributed by atoms with Gasteiger partial charge in [-0.15, -0.1) is 0 Å². The maximum absolute atomic E-state index is 12.3. The molecule has 0 N–H and O–H groups in total. The van der Waals surface area contributed by atoms with E-state index in [4.69, 9.17) is 4.74 Å². The Morgan fingerprint density at radius 2 is 1.59 bits per heavy atom. The number of hydrogen-bond donors (Lipinski definition) is 0. The van der Waals surface area contributed by atoms with E-state index in [0.29, 0.717) is 25.7 Å². The first-order valence-electron chi connectivity index (χ1n) is 7.43. The van der Waals surface area contributed by atoms with E-state index >= 15 is 0 Å². The summed E-state index contributed by atoms with van der Waals surface area (Å²) in [6.07, 6.45) is 4.83. The molecule has 0 radical (unpaired) electrons. The average molecular weight is 342 g/mol. The van der Waals surface area contributed by atoms with Crippen LogP contribution in [-0.2, 0) is 19.4 Å². The van der Waals surface area contributed by atoms with Crippen molar-refractivity contribution in [2.75, 3.05) is 12.9 Å². The van der Waals surface area contributed by atoms with E-state index in [9.17, 15) is 26.4 Å². The van der Waals surface area contributed by atoms with Gasteiger partial charge in [0, 0.05) is 0 Å².